The molecule has 1 amide bonds. The van der Waals surface area contributed by atoms with Crippen molar-refractivity contribution in [1.29, 1.82) is 0 Å². The highest BCUT2D eigenvalue weighted by Crippen LogP contribution is 2.23. The molecule has 1 atom stereocenters. The Labute approximate surface area is 122 Å². The first-order valence-corrected chi connectivity index (χ1v) is 7.57. The van der Waals surface area contributed by atoms with Gasteiger partial charge in [-0.2, -0.15) is 0 Å². The highest BCUT2D eigenvalue weighted by molar-refractivity contribution is 8.13. The molecule has 6 nitrogen and oxygen atoms in total. The zero-order valence-corrected chi connectivity index (χ0v) is 12.9. The van der Waals surface area contributed by atoms with Crippen molar-refractivity contribution in [3.05, 3.63) is 0 Å². The second kappa shape index (κ2) is 6.97. The molecule has 0 radical (unpaired) electrons. The summed E-state index contributed by atoms with van der Waals surface area (Å²) in [6, 6.07) is -0.573. The summed E-state index contributed by atoms with van der Waals surface area (Å²) in [6.45, 7) is 5.75. The Morgan fingerprint density at radius 2 is 2.00 bits per heavy atom. The van der Waals surface area contributed by atoms with E-state index in [-0.39, 0.29) is 17.5 Å². The highest BCUT2D eigenvalue weighted by Gasteiger charge is 2.34. The number of esters is 1. The van der Waals surface area contributed by atoms with Crippen LogP contribution in [0.5, 0.6) is 0 Å². The summed E-state index contributed by atoms with van der Waals surface area (Å²) in [4.78, 5) is 35.5. The van der Waals surface area contributed by atoms with Gasteiger partial charge in [0.05, 0.1) is 6.42 Å². The van der Waals surface area contributed by atoms with E-state index in [1.54, 1.807) is 20.8 Å². The molecule has 0 bridgehead atoms. The maximum absolute atomic E-state index is 11.9. The van der Waals surface area contributed by atoms with Crippen LogP contribution in [0.15, 0.2) is 0 Å². The number of carboxylic acid groups (broad SMARTS) is 1. The number of thioether (sulfide) groups is 1. The summed E-state index contributed by atoms with van der Waals surface area (Å²) in [5, 5.41) is 8.78. The van der Waals surface area contributed by atoms with E-state index in [9.17, 15) is 14.4 Å². The molecule has 0 aliphatic carbocycles. The lowest BCUT2D eigenvalue weighted by Crippen LogP contribution is -2.38. The van der Waals surface area contributed by atoms with Crippen molar-refractivity contribution in [2.75, 3.05) is 12.3 Å². The minimum Gasteiger partial charge on any atom is -0.465 e. The van der Waals surface area contributed by atoms with Crippen LogP contribution in [0.2, 0.25) is 0 Å². The van der Waals surface area contributed by atoms with Gasteiger partial charge in [0.25, 0.3) is 0 Å². The van der Waals surface area contributed by atoms with E-state index < -0.39 is 17.7 Å². The number of nitrogens with zero attached hydrogens (tertiary/aromatic N) is 1. The van der Waals surface area contributed by atoms with E-state index in [4.69, 9.17) is 9.84 Å². The topological polar surface area (TPSA) is 83.9 Å². The van der Waals surface area contributed by atoms with Gasteiger partial charge in [-0.15, -0.1) is 0 Å². The lowest BCUT2D eigenvalue weighted by atomic mass is 10.2. The Kier molecular flexibility index (Phi) is 5.86. The van der Waals surface area contributed by atoms with Crippen LogP contribution in [0.1, 0.15) is 40.0 Å². The number of carbonyl (C=O) groups excluding carboxylic acids is 2. The van der Waals surface area contributed by atoms with Gasteiger partial charge in [-0.1, -0.05) is 11.8 Å². The minimum atomic E-state index is -1.06. The molecule has 1 N–H and O–H groups in total. The van der Waals surface area contributed by atoms with Crippen molar-refractivity contribution in [2.45, 2.75) is 51.7 Å². The molecule has 1 fully saturated rings. The third kappa shape index (κ3) is 5.40. The van der Waals surface area contributed by atoms with Crippen molar-refractivity contribution < 1.29 is 24.2 Å². The third-order valence-electron chi connectivity index (χ3n) is 2.74. The summed E-state index contributed by atoms with van der Waals surface area (Å²) >= 11 is 1.00. The zero-order chi connectivity index (χ0) is 15.3. The fraction of sp³-hybridized carbons (Fsp3) is 0.769. The number of carbonyl (C=O) groups is 3. The molecule has 114 valence electrons. The van der Waals surface area contributed by atoms with Gasteiger partial charge in [0.2, 0.25) is 5.12 Å². The van der Waals surface area contributed by atoms with E-state index in [1.807, 2.05) is 0 Å². The third-order valence-corrected chi connectivity index (χ3v) is 3.71. The average molecular weight is 303 g/mol. The number of hydrogen-bond acceptors (Lipinski definition) is 5. The van der Waals surface area contributed by atoms with Crippen LogP contribution in [0, 0.1) is 0 Å². The van der Waals surface area contributed by atoms with Crippen molar-refractivity contribution >= 4 is 28.9 Å². The number of ether oxygens (including phenoxy) is 1. The Morgan fingerprint density at radius 3 is 2.55 bits per heavy atom. The van der Waals surface area contributed by atoms with Crippen LogP contribution in [0.3, 0.4) is 0 Å². The molecule has 0 aromatic heterocycles. The van der Waals surface area contributed by atoms with Gasteiger partial charge in [0.1, 0.15) is 11.6 Å². The molecule has 1 rings (SSSR count). The van der Waals surface area contributed by atoms with Crippen molar-refractivity contribution in [2.24, 2.45) is 0 Å². The van der Waals surface area contributed by atoms with E-state index in [0.29, 0.717) is 25.1 Å². The van der Waals surface area contributed by atoms with Gasteiger partial charge in [0.15, 0.2) is 0 Å². The molecule has 1 aliphatic heterocycles. The number of amides is 1. The molecule has 7 heteroatoms. The fourth-order valence-corrected chi connectivity index (χ4v) is 2.87. The number of likely N-dealkylation sites (tertiary alicyclic amines) is 1. The molecular formula is C13H21NO5S. The number of hydrogen-bond donors (Lipinski definition) is 1. The molecule has 1 heterocycles. The molecule has 20 heavy (non-hydrogen) atoms. The van der Waals surface area contributed by atoms with Crippen LogP contribution in [-0.4, -0.2) is 51.1 Å². The van der Waals surface area contributed by atoms with Crippen LogP contribution >= 0.6 is 11.8 Å². The first-order chi connectivity index (χ1) is 9.20. The summed E-state index contributed by atoms with van der Waals surface area (Å²) in [7, 11) is 0. The van der Waals surface area contributed by atoms with Gasteiger partial charge in [-0.05, 0) is 33.6 Å². The summed E-state index contributed by atoms with van der Waals surface area (Å²) < 4.78 is 5.14. The Bertz CT molecular complexity index is 391. The van der Waals surface area contributed by atoms with Gasteiger partial charge in [-0.3, -0.25) is 14.5 Å². The normalized spacial score (nSPS) is 18.9. The van der Waals surface area contributed by atoms with Gasteiger partial charge in [-0.25, -0.2) is 4.79 Å². The summed E-state index contributed by atoms with van der Waals surface area (Å²) in [6.07, 6.45) is 0.349. The molecule has 0 saturated carbocycles. The average Bonchev–Trinajstić information content (AvgIpc) is 2.74. The van der Waals surface area contributed by atoms with Gasteiger partial charge >= 0.3 is 12.1 Å². The van der Waals surface area contributed by atoms with Crippen LogP contribution in [0.25, 0.3) is 0 Å². The second-order valence-corrected chi connectivity index (χ2v) is 6.74. The Hall–Kier alpha value is -1.24. The first-order valence-electron chi connectivity index (χ1n) is 6.59. The molecule has 0 aromatic carbocycles. The minimum absolute atomic E-state index is 0.146. The molecule has 1 saturated heterocycles. The predicted molar refractivity (Wildman–Crippen MR) is 75.7 cm³/mol. The van der Waals surface area contributed by atoms with Crippen molar-refractivity contribution in [1.82, 2.24) is 4.90 Å². The van der Waals surface area contributed by atoms with Gasteiger partial charge in [0, 0.05) is 12.3 Å². The maximum Gasteiger partial charge on any atom is 0.407 e. The van der Waals surface area contributed by atoms with E-state index in [2.05, 4.69) is 0 Å². The molecular weight excluding hydrogens is 282 g/mol. The quantitative estimate of drug-likeness (QED) is 0.801. The Morgan fingerprint density at radius 1 is 1.35 bits per heavy atom. The Balaban J connectivity index is 2.33. The lowest BCUT2D eigenvalue weighted by molar-refractivity contribution is -0.154. The van der Waals surface area contributed by atoms with Crippen molar-refractivity contribution in [3.63, 3.8) is 0 Å². The van der Waals surface area contributed by atoms with E-state index in [0.717, 1.165) is 11.8 Å². The molecule has 0 aromatic rings. The van der Waals surface area contributed by atoms with Crippen molar-refractivity contribution in [3.8, 4) is 0 Å². The maximum atomic E-state index is 11.9. The second-order valence-electron chi connectivity index (χ2n) is 5.64. The lowest BCUT2D eigenvalue weighted by Gasteiger charge is -2.20. The SMILES string of the molecule is CC(C)(C)OC(=O)CCSC(=O)[C@@H]1CCCN1C(=O)O. The largest absolute Gasteiger partial charge is 0.465 e. The van der Waals surface area contributed by atoms with Crippen LogP contribution in [-0.2, 0) is 14.3 Å². The van der Waals surface area contributed by atoms with Crippen LogP contribution < -0.4 is 0 Å². The summed E-state index contributed by atoms with van der Waals surface area (Å²) in [5.74, 6) is -0.0307. The standard InChI is InChI=1S/C13H21NO5S/c1-13(2,3)19-10(15)6-8-20-11(16)9-5-4-7-14(9)12(17)18/h9H,4-8H2,1-3H3,(H,17,18)/t9-/m0/s1. The van der Waals surface area contributed by atoms with E-state index >= 15 is 0 Å². The van der Waals surface area contributed by atoms with Crippen LogP contribution in [0.4, 0.5) is 4.79 Å². The molecule has 1 aliphatic rings. The highest BCUT2D eigenvalue weighted by atomic mass is 32.2. The first kappa shape index (κ1) is 16.8. The molecule has 0 spiro atoms. The van der Waals surface area contributed by atoms with E-state index in [1.165, 1.54) is 4.90 Å². The fourth-order valence-electron chi connectivity index (χ4n) is 1.96. The smallest absolute Gasteiger partial charge is 0.407 e. The zero-order valence-electron chi connectivity index (χ0n) is 12.0. The summed E-state index contributed by atoms with van der Waals surface area (Å²) in [5.41, 5.74) is -0.530. The predicted octanol–water partition coefficient (Wildman–Crippen LogP) is 2.12. The molecule has 0 unspecified atom stereocenters. The number of rotatable bonds is 4. The monoisotopic (exact) mass is 303 g/mol. The van der Waals surface area contributed by atoms with Gasteiger partial charge < -0.3 is 9.84 Å².